The van der Waals surface area contributed by atoms with Crippen LogP contribution in [0.5, 0.6) is 11.5 Å². The summed E-state index contributed by atoms with van der Waals surface area (Å²) in [5, 5.41) is 3.13. The van der Waals surface area contributed by atoms with Crippen LogP contribution in [0.4, 0.5) is 5.69 Å². The Hall–Kier alpha value is -4.45. The normalized spacial score (nSPS) is 12.8. The number of hydrogen-bond donors (Lipinski definition) is 1. The lowest BCUT2D eigenvalue weighted by atomic mass is 9.97. The predicted molar refractivity (Wildman–Crippen MR) is 147 cm³/mol. The fourth-order valence-corrected chi connectivity index (χ4v) is 5.38. The highest BCUT2D eigenvalue weighted by Crippen LogP contribution is 2.40. The Kier molecular flexibility index (Phi) is 5.93. The van der Waals surface area contributed by atoms with Crippen molar-refractivity contribution in [1.82, 2.24) is 8.97 Å². The number of benzene rings is 3. The fourth-order valence-electron chi connectivity index (χ4n) is 5.38. The van der Waals surface area contributed by atoms with Crippen LogP contribution in [-0.4, -0.2) is 29.1 Å². The van der Waals surface area contributed by atoms with E-state index in [1.807, 2.05) is 54.6 Å². The molecule has 0 saturated carbocycles. The number of amides is 1. The first kappa shape index (κ1) is 23.0. The summed E-state index contributed by atoms with van der Waals surface area (Å²) < 4.78 is 15.2. The second-order valence-corrected chi connectivity index (χ2v) is 9.30. The van der Waals surface area contributed by atoms with Gasteiger partial charge in [0.05, 0.1) is 19.9 Å². The lowest BCUT2D eigenvalue weighted by Gasteiger charge is -2.11. The molecule has 6 heteroatoms. The molecule has 0 spiro atoms. The fraction of sp³-hybridized carbons (Fsp3) is 0.194. The average Bonchev–Trinajstić information content (AvgIpc) is 3.37. The van der Waals surface area contributed by atoms with Gasteiger partial charge in [-0.05, 0) is 66.8 Å². The van der Waals surface area contributed by atoms with E-state index < -0.39 is 0 Å². The number of carbonyl (C=O) groups excluding carboxylic acids is 1. The van der Waals surface area contributed by atoms with Crippen molar-refractivity contribution in [2.45, 2.75) is 25.8 Å². The van der Waals surface area contributed by atoms with Crippen LogP contribution in [0, 0.1) is 0 Å². The second kappa shape index (κ2) is 9.54. The second-order valence-electron chi connectivity index (χ2n) is 9.30. The molecule has 1 amide bonds. The lowest BCUT2D eigenvalue weighted by Crippen LogP contribution is -2.15. The number of hydrogen-bond acceptors (Lipinski definition) is 3. The molecule has 6 rings (SSSR count). The summed E-state index contributed by atoms with van der Waals surface area (Å²) in [5.41, 5.74) is 7.94. The van der Waals surface area contributed by atoms with Gasteiger partial charge in [0.1, 0.15) is 22.8 Å². The Bertz CT molecular complexity index is 1560. The summed E-state index contributed by atoms with van der Waals surface area (Å²) >= 11 is 0. The summed E-state index contributed by atoms with van der Waals surface area (Å²) in [5.74, 6) is 1.39. The van der Waals surface area contributed by atoms with E-state index in [0.717, 1.165) is 71.0 Å². The zero-order valence-electron chi connectivity index (χ0n) is 21.0. The van der Waals surface area contributed by atoms with Crippen LogP contribution in [0.3, 0.4) is 0 Å². The first-order chi connectivity index (χ1) is 18.2. The van der Waals surface area contributed by atoms with E-state index in [0.29, 0.717) is 5.69 Å². The van der Waals surface area contributed by atoms with E-state index in [9.17, 15) is 4.79 Å². The van der Waals surface area contributed by atoms with E-state index in [1.165, 1.54) is 5.56 Å². The quantitative estimate of drug-likeness (QED) is 0.288. The highest BCUT2D eigenvalue weighted by molar-refractivity contribution is 6.10. The highest BCUT2D eigenvalue weighted by atomic mass is 16.5. The maximum absolute atomic E-state index is 14.0. The third-order valence-electron chi connectivity index (χ3n) is 7.15. The van der Waals surface area contributed by atoms with Crippen molar-refractivity contribution in [3.8, 4) is 33.9 Å². The summed E-state index contributed by atoms with van der Waals surface area (Å²) in [4.78, 5) is 14.0. The van der Waals surface area contributed by atoms with Gasteiger partial charge in [-0.2, -0.15) is 0 Å². The minimum absolute atomic E-state index is 0.144. The van der Waals surface area contributed by atoms with Crippen LogP contribution in [0.2, 0.25) is 0 Å². The van der Waals surface area contributed by atoms with Crippen LogP contribution in [0.15, 0.2) is 85.1 Å². The van der Waals surface area contributed by atoms with Crippen LogP contribution in [0.25, 0.3) is 28.0 Å². The summed E-state index contributed by atoms with van der Waals surface area (Å²) in [6.07, 6.45) is 5.20. The molecule has 0 atom stereocenters. The zero-order chi connectivity index (χ0) is 25.4. The number of ether oxygens (including phenoxy) is 2. The Morgan fingerprint density at radius 2 is 1.49 bits per heavy atom. The van der Waals surface area contributed by atoms with E-state index in [4.69, 9.17) is 9.47 Å². The van der Waals surface area contributed by atoms with Gasteiger partial charge in [-0.25, -0.2) is 0 Å². The van der Waals surface area contributed by atoms with Gasteiger partial charge in [-0.1, -0.05) is 42.5 Å². The van der Waals surface area contributed by atoms with Crippen LogP contribution in [-0.2, 0) is 13.0 Å². The lowest BCUT2D eigenvalue weighted by molar-refractivity contribution is 0.102. The number of methoxy groups -OCH3 is 2. The number of aryl methyl sites for hydroxylation is 2. The van der Waals surface area contributed by atoms with Crippen molar-refractivity contribution in [2.24, 2.45) is 0 Å². The van der Waals surface area contributed by atoms with E-state index in [-0.39, 0.29) is 5.91 Å². The number of aromatic nitrogens is 2. The van der Waals surface area contributed by atoms with Crippen molar-refractivity contribution >= 4 is 17.2 Å². The van der Waals surface area contributed by atoms with Gasteiger partial charge in [0.2, 0.25) is 0 Å². The predicted octanol–water partition coefficient (Wildman–Crippen LogP) is 6.68. The summed E-state index contributed by atoms with van der Waals surface area (Å²) in [7, 11) is 3.30. The van der Waals surface area contributed by atoms with Crippen LogP contribution < -0.4 is 14.8 Å². The minimum atomic E-state index is -0.144. The molecule has 3 aromatic carbocycles. The van der Waals surface area contributed by atoms with Crippen LogP contribution >= 0.6 is 0 Å². The molecule has 2 aromatic heterocycles. The van der Waals surface area contributed by atoms with Crippen molar-refractivity contribution < 1.29 is 14.3 Å². The molecule has 1 aliphatic rings. The zero-order valence-corrected chi connectivity index (χ0v) is 21.0. The van der Waals surface area contributed by atoms with Gasteiger partial charge < -0.3 is 19.4 Å². The Morgan fingerprint density at radius 3 is 2.16 bits per heavy atom. The monoisotopic (exact) mass is 491 g/mol. The van der Waals surface area contributed by atoms with Crippen LogP contribution in [0.1, 0.15) is 28.9 Å². The molecule has 0 aliphatic carbocycles. The van der Waals surface area contributed by atoms with Crippen molar-refractivity contribution in [2.75, 3.05) is 19.5 Å². The van der Waals surface area contributed by atoms with E-state index in [1.54, 1.807) is 14.2 Å². The molecule has 1 aliphatic heterocycles. The maximum Gasteiger partial charge on any atom is 0.273 e. The number of imidazole rings is 1. The van der Waals surface area contributed by atoms with Gasteiger partial charge in [0.15, 0.2) is 0 Å². The molecular weight excluding hydrogens is 462 g/mol. The van der Waals surface area contributed by atoms with E-state index >= 15 is 0 Å². The van der Waals surface area contributed by atoms with E-state index in [2.05, 4.69) is 44.7 Å². The van der Waals surface area contributed by atoms with Gasteiger partial charge >= 0.3 is 0 Å². The Morgan fingerprint density at radius 1 is 0.811 bits per heavy atom. The Labute approximate surface area is 216 Å². The number of anilines is 1. The molecule has 0 saturated heterocycles. The van der Waals surface area contributed by atoms with Gasteiger partial charge in [0.25, 0.3) is 5.91 Å². The van der Waals surface area contributed by atoms with Crippen molar-refractivity contribution in [1.29, 1.82) is 0 Å². The summed E-state index contributed by atoms with van der Waals surface area (Å²) in [6, 6.07) is 25.8. The largest absolute Gasteiger partial charge is 0.497 e. The average molecular weight is 492 g/mol. The molecule has 37 heavy (non-hydrogen) atoms. The van der Waals surface area contributed by atoms with Gasteiger partial charge in [0, 0.05) is 29.6 Å². The molecular formula is C31H29N3O3. The van der Waals surface area contributed by atoms with Gasteiger partial charge in [-0.3, -0.25) is 9.20 Å². The van der Waals surface area contributed by atoms with Crippen molar-refractivity contribution in [3.05, 3.63) is 96.3 Å². The smallest absolute Gasteiger partial charge is 0.273 e. The molecule has 186 valence electrons. The Balaban J connectivity index is 1.57. The summed E-state index contributed by atoms with van der Waals surface area (Å²) in [6.45, 7) is 0.916. The number of carbonyl (C=O) groups is 1. The highest BCUT2D eigenvalue weighted by Gasteiger charge is 2.29. The van der Waals surface area contributed by atoms with Gasteiger partial charge in [-0.15, -0.1) is 0 Å². The number of nitrogens with zero attached hydrogens (tertiary/aromatic N) is 2. The topological polar surface area (TPSA) is 56.9 Å². The number of rotatable bonds is 6. The first-order valence-electron chi connectivity index (χ1n) is 12.6. The molecule has 5 aromatic rings. The molecule has 3 heterocycles. The molecule has 0 bridgehead atoms. The standard InChI is InChI=1S/C31H29N3O3/c1-36-24-15-11-22(12-16-24)28-26-10-6-7-19-33-27(21-8-4-3-5-9-21)20-34(31(26)33)29(28)30(35)32-23-13-17-25(37-2)18-14-23/h3-5,8-9,11-18,20H,6-7,10,19H2,1-2H3,(H,32,35). The number of nitrogens with one attached hydrogen (secondary N) is 1. The first-order valence-corrected chi connectivity index (χ1v) is 12.6. The molecule has 1 N–H and O–H groups in total. The molecule has 6 nitrogen and oxygen atoms in total. The maximum atomic E-state index is 14.0. The SMILES string of the molecule is COc1ccc(NC(=O)c2c(-c3ccc(OC)cc3)c3c4n(c(-c5ccccc5)cn24)CCCC3)cc1. The molecule has 0 unspecified atom stereocenters. The van der Waals surface area contributed by atoms with Crippen molar-refractivity contribution in [3.63, 3.8) is 0 Å². The molecule has 0 radical (unpaired) electrons. The molecule has 0 fully saturated rings. The third-order valence-corrected chi connectivity index (χ3v) is 7.15. The minimum Gasteiger partial charge on any atom is -0.497 e. The third kappa shape index (κ3) is 4.04.